The molecular formula is C24H32N2O2. The Morgan fingerprint density at radius 3 is 2.50 bits per heavy atom. The summed E-state index contributed by atoms with van der Waals surface area (Å²) >= 11 is 0. The van der Waals surface area contributed by atoms with Crippen molar-refractivity contribution < 1.29 is 9.47 Å². The number of hydrogen-bond acceptors (Lipinski definition) is 3. The predicted molar refractivity (Wildman–Crippen MR) is 117 cm³/mol. The Morgan fingerprint density at radius 1 is 0.929 bits per heavy atom. The largest absolute Gasteiger partial charge is 0.497 e. The summed E-state index contributed by atoms with van der Waals surface area (Å²) in [5.41, 5.74) is 11.9. The minimum Gasteiger partial charge on any atom is -0.497 e. The Hall–Kier alpha value is -2.46. The van der Waals surface area contributed by atoms with E-state index in [0.29, 0.717) is 0 Å². The standard InChI is InChI=1S/C24H32N2O2/c1-4-5-8-17-10-13-22-21(15-17)19(9-6-7-14-25)24(26-22)20-12-11-18(27-2)16-23(20)28-3/h10-13,15-16,26H,4-9,14,25H2,1-3H3. The second-order valence-corrected chi connectivity index (χ2v) is 7.27. The fourth-order valence-corrected chi connectivity index (χ4v) is 3.77. The van der Waals surface area contributed by atoms with Gasteiger partial charge in [0.15, 0.2) is 0 Å². The number of H-pyrrole nitrogens is 1. The third-order valence-electron chi connectivity index (χ3n) is 5.35. The summed E-state index contributed by atoms with van der Waals surface area (Å²) in [4.78, 5) is 3.65. The highest BCUT2D eigenvalue weighted by atomic mass is 16.5. The highest BCUT2D eigenvalue weighted by Gasteiger charge is 2.17. The molecular weight excluding hydrogens is 348 g/mol. The number of benzene rings is 2. The van der Waals surface area contributed by atoms with Crippen LogP contribution in [-0.2, 0) is 12.8 Å². The van der Waals surface area contributed by atoms with Gasteiger partial charge in [-0.15, -0.1) is 0 Å². The van der Waals surface area contributed by atoms with E-state index in [1.807, 2.05) is 12.1 Å². The molecule has 0 fully saturated rings. The van der Waals surface area contributed by atoms with Crippen LogP contribution in [0, 0.1) is 0 Å². The first-order valence-electron chi connectivity index (χ1n) is 10.3. The molecule has 0 radical (unpaired) electrons. The van der Waals surface area contributed by atoms with E-state index < -0.39 is 0 Å². The number of rotatable bonds is 10. The van der Waals surface area contributed by atoms with Crippen molar-refractivity contribution in [2.75, 3.05) is 20.8 Å². The zero-order chi connectivity index (χ0) is 19.9. The molecule has 4 heteroatoms. The van der Waals surface area contributed by atoms with Gasteiger partial charge in [0.25, 0.3) is 0 Å². The number of fused-ring (bicyclic) bond motifs is 1. The maximum absolute atomic E-state index is 5.74. The lowest BCUT2D eigenvalue weighted by atomic mass is 9.98. The van der Waals surface area contributed by atoms with E-state index in [2.05, 4.69) is 36.2 Å². The normalized spacial score (nSPS) is 11.1. The van der Waals surface area contributed by atoms with Crippen molar-refractivity contribution in [1.82, 2.24) is 4.98 Å². The third kappa shape index (κ3) is 4.33. The van der Waals surface area contributed by atoms with Crippen LogP contribution < -0.4 is 15.2 Å². The second kappa shape index (κ2) is 9.65. The molecule has 0 unspecified atom stereocenters. The number of ether oxygens (including phenoxy) is 2. The van der Waals surface area contributed by atoms with Gasteiger partial charge in [0.05, 0.1) is 19.9 Å². The zero-order valence-electron chi connectivity index (χ0n) is 17.3. The van der Waals surface area contributed by atoms with Crippen molar-refractivity contribution in [3.05, 3.63) is 47.5 Å². The molecule has 0 saturated carbocycles. The Morgan fingerprint density at radius 2 is 1.79 bits per heavy atom. The van der Waals surface area contributed by atoms with Crippen LogP contribution in [0.4, 0.5) is 0 Å². The van der Waals surface area contributed by atoms with Crippen LogP contribution >= 0.6 is 0 Å². The average Bonchev–Trinajstić information content (AvgIpc) is 3.09. The van der Waals surface area contributed by atoms with Gasteiger partial charge >= 0.3 is 0 Å². The maximum atomic E-state index is 5.74. The molecule has 28 heavy (non-hydrogen) atoms. The van der Waals surface area contributed by atoms with E-state index in [0.717, 1.165) is 55.0 Å². The summed E-state index contributed by atoms with van der Waals surface area (Å²) in [6.07, 6.45) is 6.66. The van der Waals surface area contributed by atoms with Gasteiger partial charge in [-0.3, -0.25) is 0 Å². The third-order valence-corrected chi connectivity index (χ3v) is 5.35. The second-order valence-electron chi connectivity index (χ2n) is 7.27. The van der Waals surface area contributed by atoms with E-state index in [9.17, 15) is 0 Å². The van der Waals surface area contributed by atoms with E-state index in [-0.39, 0.29) is 0 Å². The van der Waals surface area contributed by atoms with Crippen molar-refractivity contribution in [1.29, 1.82) is 0 Å². The molecule has 3 aromatic rings. The van der Waals surface area contributed by atoms with E-state index in [4.69, 9.17) is 15.2 Å². The molecule has 0 amide bonds. The van der Waals surface area contributed by atoms with Crippen LogP contribution in [0.5, 0.6) is 11.5 Å². The van der Waals surface area contributed by atoms with Crippen molar-refractivity contribution in [2.24, 2.45) is 5.73 Å². The molecule has 2 aromatic carbocycles. The Bertz CT molecular complexity index is 914. The van der Waals surface area contributed by atoms with E-state index >= 15 is 0 Å². The molecule has 4 nitrogen and oxygen atoms in total. The molecule has 0 aliphatic heterocycles. The fourth-order valence-electron chi connectivity index (χ4n) is 3.77. The highest BCUT2D eigenvalue weighted by molar-refractivity contribution is 5.92. The van der Waals surface area contributed by atoms with Gasteiger partial charge < -0.3 is 20.2 Å². The number of methoxy groups -OCH3 is 2. The van der Waals surface area contributed by atoms with Gasteiger partial charge in [0.2, 0.25) is 0 Å². The van der Waals surface area contributed by atoms with Crippen molar-refractivity contribution in [3.63, 3.8) is 0 Å². The zero-order valence-corrected chi connectivity index (χ0v) is 17.3. The number of hydrogen-bond donors (Lipinski definition) is 2. The molecule has 3 rings (SSSR count). The molecule has 1 heterocycles. The van der Waals surface area contributed by atoms with E-state index in [1.165, 1.54) is 34.9 Å². The number of aromatic amines is 1. The van der Waals surface area contributed by atoms with Crippen LogP contribution in [0.2, 0.25) is 0 Å². The molecule has 0 spiro atoms. The number of aromatic nitrogens is 1. The Labute approximate surface area is 168 Å². The quantitative estimate of drug-likeness (QED) is 0.458. The predicted octanol–water partition coefficient (Wildman–Crippen LogP) is 5.48. The number of unbranched alkanes of at least 4 members (excludes halogenated alkanes) is 2. The first-order valence-corrected chi connectivity index (χ1v) is 10.3. The average molecular weight is 381 g/mol. The van der Waals surface area contributed by atoms with Crippen LogP contribution in [0.25, 0.3) is 22.2 Å². The lowest BCUT2D eigenvalue weighted by molar-refractivity contribution is 0.395. The Balaban J connectivity index is 2.11. The van der Waals surface area contributed by atoms with Gasteiger partial charge in [-0.2, -0.15) is 0 Å². The summed E-state index contributed by atoms with van der Waals surface area (Å²) < 4.78 is 11.0. The van der Waals surface area contributed by atoms with Crippen LogP contribution in [0.3, 0.4) is 0 Å². The monoisotopic (exact) mass is 380 g/mol. The van der Waals surface area contributed by atoms with E-state index in [1.54, 1.807) is 14.2 Å². The van der Waals surface area contributed by atoms with Crippen LogP contribution in [0.1, 0.15) is 43.7 Å². The molecule has 0 saturated heterocycles. The highest BCUT2D eigenvalue weighted by Crippen LogP contribution is 2.38. The van der Waals surface area contributed by atoms with Crippen molar-refractivity contribution in [2.45, 2.75) is 45.4 Å². The van der Waals surface area contributed by atoms with Gasteiger partial charge in [-0.25, -0.2) is 0 Å². The summed E-state index contributed by atoms with van der Waals surface area (Å²) in [7, 11) is 3.38. The Kier molecular flexibility index (Phi) is 6.99. The fraction of sp³-hybridized carbons (Fsp3) is 0.417. The SMILES string of the molecule is CCCCc1ccc2[nH]c(-c3ccc(OC)cc3OC)c(CCCCN)c2c1. The van der Waals surface area contributed by atoms with Crippen molar-refractivity contribution in [3.8, 4) is 22.8 Å². The molecule has 3 N–H and O–H groups in total. The molecule has 0 bridgehead atoms. The van der Waals surface area contributed by atoms with Crippen LogP contribution in [-0.4, -0.2) is 25.7 Å². The topological polar surface area (TPSA) is 60.3 Å². The summed E-state index contributed by atoms with van der Waals surface area (Å²) in [6, 6.07) is 12.8. The molecule has 0 aliphatic carbocycles. The molecule has 150 valence electrons. The molecule has 0 atom stereocenters. The summed E-state index contributed by atoms with van der Waals surface area (Å²) in [5.74, 6) is 1.61. The minimum atomic E-state index is 0.727. The molecule has 1 aromatic heterocycles. The maximum Gasteiger partial charge on any atom is 0.131 e. The van der Waals surface area contributed by atoms with Gasteiger partial charge in [0, 0.05) is 22.5 Å². The molecule has 0 aliphatic rings. The summed E-state index contributed by atoms with van der Waals surface area (Å²) in [6.45, 7) is 2.96. The van der Waals surface area contributed by atoms with Gasteiger partial charge in [0.1, 0.15) is 11.5 Å². The smallest absolute Gasteiger partial charge is 0.131 e. The lowest BCUT2D eigenvalue weighted by Gasteiger charge is -2.11. The van der Waals surface area contributed by atoms with Gasteiger partial charge in [-0.05, 0) is 74.0 Å². The van der Waals surface area contributed by atoms with Crippen LogP contribution in [0.15, 0.2) is 36.4 Å². The van der Waals surface area contributed by atoms with Crippen molar-refractivity contribution >= 4 is 10.9 Å². The minimum absolute atomic E-state index is 0.727. The summed E-state index contributed by atoms with van der Waals surface area (Å²) in [5, 5.41) is 1.32. The number of nitrogens with one attached hydrogen (secondary N) is 1. The lowest BCUT2D eigenvalue weighted by Crippen LogP contribution is -1.99. The first-order chi connectivity index (χ1) is 13.7. The first kappa shape index (κ1) is 20.3. The number of aryl methyl sites for hydroxylation is 2. The number of nitrogens with two attached hydrogens (primary N) is 1. The van der Waals surface area contributed by atoms with Gasteiger partial charge in [-0.1, -0.05) is 19.4 Å².